The Morgan fingerprint density at radius 3 is 2.24 bits per heavy atom. The van der Waals surface area contributed by atoms with Crippen molar-refractivity contribution in [1.29, 1.82) is 5.41 Å². The van der Waals surface area contributed by atoms with Gasteiger partial charge in [0.2, 0.25) is 5.62 Å². The van der Waals surface area contributed by atoms with Gasteiger partial charge in [0.15, 0.2) is 5.78 Å². The molecule has 1 fully saturated rings. The van der Waals surface area contributed by atoms with Crippen molar-refractivity contribution in [3.63, 3.8) is 0 Å². The Labute approximate surface area is 188 Å². The molecule has 1 aliphatic heterocycles. The van der Waals surface area contributed by atoms with Crippen molar-refractivity contribution in [3.05, 3.63) is 64.2 Å². The van der Waals surface area contributed by atoms with E-state index in [0.717, 1.165) is 54.9 Å². The Hall–Kier alpha value is -1.74. The van der Waals surface area contributed by atoms with Gasteiger partial charge in [-0.25, -0.2) is 0 Å². The van der Waals surface area contributed by atoms with Crippen LogP contribution in [0.2, 0.25) is 0 Å². The number of rotatable bonds is 6. The molecule has 0 unspecified atom stereocenters. The first-order valence-corrected chi connectivity index (χ1v) is 10.2. The number of nitrogens with zero attached hydrogens (tertiary/aromatic N) is 3. The van der Waals surface area contributed by atoms with Crippen LogP contribution in [-0.2, 0) is 17.8 Å². The summed E-state index contributed by atoms with van der Waals surface area (Å²) < 4.78 is 10.2. The molecule has 0 aliphatic carbocycles. The number of imidazole rings is 1. The van der Waals surface area contributed by atoms with E-state index < -0.39 is 0 Å². The summed E-state index contributed by atoms with van der Waals surface area (Å²) in [5.74, 6) is 0.00193. The minimum atomic E-state index is 0. The number of Topliss-reactive ketones (excluding diaryl/α,β-unsaturated/α-hetero) is 1. The van der Waals surface area contributed by atoms with Gasteiger partial charge in [0.25, 0.3) is 0 Å². The lowest BCUT2D eigenvalue weighted by Gasteiger charge is -2.26. The summed E-state index contributed by atoms with van der Waals surface area (Å²) in [6.07, 6.45) is 0. The van der Waals surface area contributed by atoms with Crippen molar-refractivity contribution in [2.45, 2.75) is 13.1 Å². The molecule has 154 valence electrons. The molecule has 2 aromatic carbocycles. The minimum Gasteiger partial charge on any atom is -0.379 e. The summed E-state index contributed by atoms with van der Waals surface area (Å²) in [6, 6.07) is 15.3. The number of fused-ring (bicyclic) bond motifs is 1. The highest BCUT2D eigenvalue weighted by molar-refractivity contribution is 9.10. The van der Waals surface area contributed by atoms with Gasteiger partial charge in [0, 0.05) is 36.2 Å². The van der Waals surface area contributed by atoms with Crippen molar-refractivity contribution in [2.75, 3.05) is 32.8 Å². The van der Waals surface area contributed by atoms with Gasteiger partial charge in [0.05, 0.1) is 30.8 Å². The number of para-hydroxylation sites is 2. The van der Waals surface area contributed by atoms with E-state index in [1.54, 1.807) is 4.57 Å². The summed E-state index contributed by atoms with van der Waals surface area (Å²) >= 11 is 3.40. The molecule has 1 aromatic heterocycles. The third-order valence-electron chi connectivity index (χ3n) is 5.19. The predicted octanol–water partition coefficient (Wildman–Crippen LogP) is 3.48. The smallest absolute Gasteiger partial charge is 0.203 e. The quantitative estimate of drug-likeness (QED) is 0.503. The molecule has 1 N–H and O–H groups in total. The normalized spacial score (nSPS) is 14.7. The Kier molecular flexibility index (Phi) is 7.45. The number of nitrogens with one attached hydrogen (secondary N) is 1. The first-order valence-electron chi connectivity index (χ1n) is 9.45. The molecule has 0 bridgehead atoms. The van der Waals surface area contributed by atoms with E-state index in [4.69, 9.17) is 10.1 Å². The zero-order valence-electron chi connectivity index (χ0n) is 16.0. The summed E-state index contributed by atoms with van der Waals surface area (Å²) in [5, 5.41) is 8.71. The molecule has 8 heteroatoms. The molecule has 0 amide bonds. The van der Waals surface area contributed by atoms with Crippen molar-refractivity contribution in [1.82, 2.24) is 14.0 Å². The van der Waals surface area contributed by atoms with Crippen LogP contribution in [-0.4, -0.2) is 52.7 Å². The number of ether oxygens (including phenoxy) is 1. The van der Waals surface area contributed by atoms with Crippen LogP contribution < -0.4 is 5.62 Å². The average Bonchev–Trinajstić information content (AvgIpc) is 2.99. The van der Waals surface area contributed by atoms with E-state index in [1.807, 2.05) is 53.1 Å². The van der Waals surface area contributed by atoms with E-state index in [1.165, 1.54) is 0 Å². The maximum atomic E-state index is 12.8. The third kappa shape index (κ3) is 4.88. The molecule has 1 aliphatic rings. The molecule has 4 rings (SSSR count). The number of halogens is 2. The lowest BCUT2D eigenvalue weighted by atomic mass is 10.1. The number of hydrogen-bond acceptors (Lipinski definition) is 4. The Morgan fingerprint density at radius 2 is 1.59 bits per heavy atom. The van der Waals surface area contributed by atoms with Gasteiger partial charge in [0.1, 0.15) is 0 Å². The van der Waals surface area contributed by atoms with Crippen LogP contribution in [0, 0.1) is 5.41 Å². The second-order valence-electron chi connectivity index (χ2n) is 6.93. The highest BCUT2D eigenvalue weighted by Gasteiger charge is 2.16. The zero-order chi connectivity index (χ0) is 19.5. The van der Waals surface area contributed by atoms with Crippen LogP contribution in [0.3, 0.4) is 0 Å². The van der Waals surface area contributed by atoms with Crippen LogP contribution in [0.25, 0.3) is 11.0 Å². The van der Waals surface area contributed by atoms with E-state index in [-0.39, 0.29) is 29.3 Å². The number of morpholine rings is 1. The predicted molar refractivity (Wildman–Crippen MR) is 122 cm³/mol. The van der Waals surface area contributed by atoms with E-state index in [0.29, 0.717) is 11.2 Å². The topological polar surface area (TPSA) is 63.2 Å². The molecular formula is C21H24Br2N4O2. The molecular weight excluding hydrogens is 500 g/mol. The molecule has 29 heavy (non-hydrogen) atoms. The second kappa shape index (κ2) is 9.84. The number of carbonyl (C=O) groups excluding carboxylic acids is 1. The van der Waals surface area contributed by atoms with Crippen LogP contribution >= 0.6 is 32.9 Å². The van der Waals surface area contributed by atoms with Gasteiger partial charge in [-0.1, -0.05) is 40.2 Å². The fraction of sp³-hybridized carbons (Fsp3) is 0.333. The molecule has 0 radical (unpaired) electrons. The van der Waals surface area contributed by atoms with Crippen LogP contribution in [0.15, 0.2) is 53.0 Å². The first-order chi connectivity index (χ1) is 13.6. The Balaban J connectivity index is 0.00000240. The largest absolute Gasteiger partial charge is 0.379 e. The van der Waals surface area contributed by atoms with Crippen molar-refractivity contribution in [2.24, 2.45) is 0 Å². The molecule has 0 saturated carbocycles. The Morgan fingerprint density at radius 1 is 0.966 bits per heavy atom. The monoisotopic (exact) mass is 522 g/mol. The minimum absolute atomic E-state index is 0. The van der Waals surface area contributed by atoms with Gasteiger partial charge in [-0.15, -0.1) is 17.0 Å². The highest BCUT2D eigenvalue weighted by atomic mass is 79.9. The maximum absolute atomic E-state index is 12.8. The number of aromatic nitrogens is 2. The first kappa shape index (κ1) is 22.0. The number of hydrogen-bond donors (Lipinski definition) is 1. The lowest BCUT2D eigenvalue weighted by molar-refractivity contribution is 0.0363. The average molecular weight is 524 g/mol. The maximum Gasteiger partial charge on any atom is 0.203 e. The van der Waals surface area contributed by atoms with Gasteiger partial charge < -0.3 is 13.9 Å². The number of benzene rings is 2. The van der Waals surface area contributed by atoms with Gasteiger partial charge in [-0.05, 0) is 24.3 Å². The third-order valence-corrected chi connectivity index (χ3v) is 5.71. The zero-order valence-corrected chi connectivity index (χ0v) is 19.3. The second-order valence-corrected chi connectivity index (χ2v) is 7.85. The molecule has 3 aromatic rings. The van der Waals surface area contributed by atoms with Crippen molar-refractivity contribution < 1.29 is 9.53 Å². The molecule has 2 heterocycles. The highest BCUT2D eigenvalue weighted by Crippen LogP contribution is 2.15. The number of carbonyl (C=O) groups is 1. The van der Waals surface area contributed by atoms with Gasteiger partial charge in [-0.2, -0.15) is 0 Å². The number of ketones is 1. The molecule has 6 nitrogen and oxygen atoms in total. The van der Waals surface area contributed by atoms with E-state index in [9.17, 15) is 4.79 Å². The SMILES string of the molecule is Br.N=c1n(CCN2CCOCC2)c2ccccc2n1CC(=O)c1ccc(Br)cc1. The molecule has 1 saturated heterocycles. The van der Waals surface area contributed by atoms with Crippen LogP contribution in [0.5, 0.6) is 0 Å². The summed E-state index contributed by atoms with van der Waals surface area (Å²) in [4.78, 5) is 15.1. The van der Waals surface area contributed by atoms with Gasteiger partial charge >= 0.3 is 0 Å². The summed E-state index contributed by atoms with van der Waals surface area (Å²) in [6.45, 7) is 5.13. The van der Waals surface area contributed by atoms with Crippen molar-refractivity contribution >= 4 is 49.7 Å². The van der Waals surface area contributed by atoms with Crippen molar-refractivity contribution in [3.8, 4) is 0 Å². The van der Waals surface area contributed by atoms with E-state index >= 15 is 0 Å². The van der Waals surface area contributed by atoms with Crippen LogP contribution in [0.4, 0.5) is 0 Å². The van der Waals surface area contributed by atoms with Crippen LogP contribution in [0.1, 0.15) is 10.4 Å². The fourth-order valence-electron chi connectivity index (χ4n) is 3.62. The molecule has 0 spiro atoms. The van der Waals surface area contributed by atoms with E-state index in [2.05, 4.69) is 20.8 Å². The summed E-state index contributed by atoms with van der Waals surface area (Å²) in [7, 11) is 0. The molecule has 0 atom stereocenters. The Bertz CT molecular complexity index is 1040. The fourth-order valence-corrected chi connectivity index (χ4v) is 3.88. The lowest BCUT2D eigenvalue weighted by Crippen LogP contribution is -2.39. The van der Waals surface area contributed by atoms with Gasteiger partial charge in [-0.3, -0.25) is 15.1 Å². The summed E-state index contributed by atoms with van der Waals surface area (Å²) in [5.41, 5.74) is 2.92. The standard InChI is InChI=1S/C21H23BrN4O2.BrH/c22-17-7-5-16(6-8-17)20(27)15-26-19-4-2-1-3-18(19)25(21(26)23)10-9-24-11-13-28-14-12-24;/h1-8,23H,9-15H2;1H.